The van der Waals surface area contributed by atoms with Gasteiger partial charge in [0.15, 0.2) is 0 Å². The highest BCUT2D eigenvalue weighted by atomic mass is 19.4. The van der Waals surface area contributed by atoms with E-state index in [1.807, 2.05) is 0 Å². The first-order valence-corrected chi connectivity index (χ1v) is 3.33. The lowest BCUT2D eigenvalue weighted by molar-refractivity contribution is -0.416. The quantitative estimate of drug-likeness (QED) is 0.442. The standard InChI is InChI=1S/C5HF10NO/c6-2(7,8)4(12,13)16(1-17)5(14,15)3(9,10)11/h1H. The van der Waals surface area contributed by atoms with Crippen LogP contribution in [-0.2, 0) is 4.79 Å². The van der Waals surface area contributed by atoms with Gasteiger partial charge >= 0.3 is 24.4 Å². The van der Waals surface area contributed by atoms with E-state index >= 15 is 0 Å². The number of hydrogen-bond acceptors (Lipinski definition) is 1. The normalized spacial score (nSPS) is 14.7. The van der Waals surface area contributed by atoms with E-state index in [1.165, 1.54) is 0 Å². The number of hydrogen-bond donors (Lipinski definition) is 0. The average Bonchev–Trinajstić information content (AvgIpc) is 1.99. The molecule has 0 heterocycles. The van der Waals surface area contributed by atoms with Crippen LogP contribution >= 0.6 is 0 Å². The summed E-state index contributed by atoms with van der Waals surface area (Å²) in [6, 6.07) is -13.3. The van der Waals surface area contributed by atoms with Crippen molar-refractivity contribution in [3.63, 3.8) is 0 Å². The SMILES string of the molecule is O=CN(C(F)(F)C(F)(F)F)C(F)(F)C(F)(F)F. The van der Waals surface area contributed by atoms with Crippen molar-refractivity contribution in [2.45, 2.75) is 24.4 Å². The van der Waals surface area contributed by atoms with Crippen molar-refractivity contribution in [2.24, 2.45) is 0 Å². The molecule has 0 saturated heterocycles. The van der Waals surface area contributed by atoms with Gasteiger partial charge in [-0.05, 0) is 0 Å². The molecule has 0 saturated carbocycles. The molecule has 0 aromatic carbocycles. The Bertz CT molecular complexity index is 264. The minimum Gasteiger partial charge on any atom is -0.278 e. The fourth-order valence-electron chi connectivity index (χ4n) is 0.582. The smallest absolute Gasteiger partial charge is 0.278 e. The molecule has 0 aliphatic rings. The molecule has 0 atom stereocenters. The molecule has 0 unspecified atom stereocenters. The van der Waals surface area contributed by atoms with Gasteiger partial charge in [0.2, 0.25) is 6.41 Å². The van der Waals surface area contributed by atoms with Gasteiger partial charge in [-0.1, -0.05) is 0 Å². The maximum Gasteiger partial charge on any atom is 0.475 e. The first-order valence-electron chi connectivity index (χ1n) is 3.33. The number of nitrogens with zero attached hydrogens (tertiary/aromatic N) is 1. The molecule has 1 amide bonds. The summed E-state index contributed by atoms with van der Waals surface area (Å²) in [5.74, 6) is 0. The molecule has 0 fully saturated rings. The van der Waals surface area contributed by atoms with Crippen LogP contribution in [0.15, 0.2) is 0 Å². The van der Waals surface area contributed by atoms with E-state index < -0.39 is 35.8 Å². The van der Waals surface area contributed by atoms with Crippen LogP contribution in [0.2, 0.25) is 0 Å². The number of carbonyl (C=O) groups is 1. The molecule has 0 aliphatic heterocycles. The van der Waals surface area contributed by atoms with Gasteiger partial charge in [0, 0.05) is 0 Å². The third-order valence-corrected chi connectivity index (χ3v) is 1.39. The van der Waals surface area contributed by atoms with Crippen LogP contribution in [0.4, 0.5) is 43.9 Å². The second-order valence-electron chi connectivity index (χ2n) is 2.55. The highest BCUT2D eigenvalue weighted by Gasteiger charge is 2.74. The summed E-state index contributed by atoms with van der Waals surface area (Å²) in [6.45, 7) is 0. The Hall–Kier alpha value is -1.23. The van der Waals surface area contributed by atoms with Gasteiger partial charge in [-0.2, -0.15) is 43.9 Å². The maximum atomic E-state index is 12.2. The number of rotatable bonds is 3. The van der Waals surface area contributed by atoms with Crippen LogP contribution in [0.25, 0.3) is 0 Å². The maximum absolute atomic E-state index is 12.2. The molecule has 17 heavy (non-hydrogen) atoms. The summed E-state index contributed by atoms with van der Waals surface area (Å²) in [5, 5.41) is 0. The second kappa shape index (κ2) is 3.91. The molecule has 0 bridgehead atoms. The second-order valence-corrected chi connectivity index (χ2v) is 2.55. The van der Waals surface area contributed by atoms with Crippen molar-refractivity contribution in [2.75, 3.05) is 0 Å². The zero-order chi connectivity index (χ0) is 14.3. The molecule has 0 aromatic rings. The Kier molecular flexibility index (Phi) is 3.63. The molecule has 0 spiro atoms. The van der Waals surface area contributed by atoms with E-state index in [1.54, 1.807) is 0 Å². The lowest BCUT2D eigenvalue weighted by atomic mass is 10.4. The van der Waals surface area contributed by atoms with E-state index in [-0.39, 0.29) is 0 Å². The van der Waals surface area contributed by atoms with Gasteiger partial charge in [-0.25, -0.2) is 4.90 Å². The Balaban J connectivity index is 5.60. The first-order chi connectivity index (χ1) is 7.19. The molecular formula is C5HF10NO. The fourth-order valence-corrected chi connectivity index (χ4v) is 0.582. The summed E-state index contributed by atoms with van der Waals surface area (Å²) in [5.41, 5.74) is 0. The Morgan fingerprint density at radius 3 is 1.00 bits per heavy atom. The zero-order valence-electron chi connectivity index (χ0n) is 7.21. The van der Waals surface area contributed by atoms with Gasteiger partial charge in [0.05, 0.1) is 0 Å². The van der Waals surface area contributed by atoms with Crippen LogP contribution < -0.4 is 0 Å². The highest BCUT2D eigenvalue weighted by molar-refractivity contribution is 5.49. The molecule has 102 valence electrons. The number of halogens is 10. The molecule has 2 nitrogen and oxygen atoms in total. The van der Waals surface area contributed by atoms with Crippen molar-refractivity contribution in [3.05, 3.63) is 0 Å². The van der Waals surface area contributed by atoms with Crippen LogP contribution in [0, 0.1) is 0 Å². The van der Waals surface area contributed by atoms with Crippen LogP contribution in [0.1, 0.15) is 0 Å². The van der Waals surface area contributed by atoms with Gasteiger partial charge in [-0.15, -0.1) is 0 Å². The molecule has 0 rings (SSSR count). The highest BCUT2D eigenvalue weighted by Crippen LogP contribution is 2.47. The van der Waals surface area contributed by atoms with Gasteiger partial charge in [-0.3, -0.25) is 4.79 Å². The monoisotopic (exact) mass is 281 g/mol. The first kappa shape index (κ1) is 15.8. The van der Waals surface area contributed by atoms with Gasteiger partial charge < -0.3 is 0 Å². The number of alkyl halides is 10. The van der Waals surface area contributed by atoms with Gasteiger partial charge in [0.25, 0.3) is 0 Å². The fraction of sp³-hybridized carbons (Fsp3) is 0.800. The molecular weight excluding hydrogens is 280 g/mol. The largest absolute Gasteiger partial charge is 0.475 e. The zero-order valence-corrected chi connectivity index (χ0v) is 7.21. The minimum atomic E-state index is -6.78. The summed E-state index contributed by atoms with van der Waals surface area (Å²) in [6.07, 6.45) is -15.5. The Morgan fingerprint density at radius 1 is 0.647 bits per heavy atom. The van der Waals surface area contributed by atoms with E-state index in [0.717, 1.165) is 0 Å². The van der Waals surface area contributed by atoms with Crippen LogP contribution in [0.5, 0.6) is 0 Å². The van der Waals surface area contributed by atoms with E-state index in [9.17, 15) is 48.7 Å². The average molecular weight is 281 g/mol. The third kappa shape index (κ3) is 2.54. The Morgan fingerprint density at radius 2 is 0.882 bits per heavy atom. The third-order valence-electron chi connectivity index (χ3n) is 1.39. The molecule has 0 radical (unpaired) electrons. The summed E-state index contributed by atoms with van der Waals surface area (Å²) >= 11 is 0. The number of amides is 1. The van der Waals surface area contributed by atoms with E-state index in [4.69, 9.17) is 0 Å². The molecule has 0 N–H and O–H groups in total. The predicted octanol–water partition coefficient (Wildman–Crippen LogP) is 2.75. The molecule has 0 aliphatic carbocycles. The van der Waals surface area contributed by atoms with E-state index in [0.29, 0.717) is 0 Å². The summed E-state index contributed by atoms with van der Waals surface area (Å²) in [4.78, 5) is 6.73. The Labute approximate surface area is 85.8 Å². The van der Waals surface area contributed by atoms with Crippen LogP contribution in [-0.4, -0.2) is 35.8 Å². The van der Waals surface area contributed by atoms with Gasteiger partial charge in [0.1, 0.15) is 0 Å². The number of carbonyl (C=O) groups excluding carboxylic acids is 1. The lowest BCUT2D eigenvalue weighted by Gasteiger charge is -2.35. The van der Waals surface area contributed by atoms with E-state index in [2.05, 4.69) is 0 Å². The lowest BCUT2D eigenvalue weighted by Crippen LogP contribution is -2.63. The van der Waals surface area contributed by atoms with Crippen molar-refractivity contribution < 1.29 is 48.7 Å². The minimum absolute atomic E-state index is 1.93. The predicted molar refractivity (Wildman–Crippen MR) is 29.9 cm³/mol. The van der Waals surface area contributed by atoms with Crippen molar-refractivity contribution in [3.8, 4) is 0 Å². The topological polar surface area (TPSA) is 20.3 Å². The molecule has 0 aromatic heterocycles. The van der Waals surface area contributed by atoms with Crippen molar-refractivity contribution >= 4 is 6.41 Å². The molecule has 12 heteroatoms. The van der Waals surface area contributed by atoms with Crippen molar-refractivity contribution in [1.29, 1.82) is 0 Å². The van der Waals surface area contributed by atoms with Crippen molar-refractivity contribution in [1.82, 2.24) is 4.90 Å². The summed E-state index contributed by atoms with van der Waals surface area (Å²) < 4.78 is 118. The van der Waals surface area contributed by atoms with Crippen LogP contribution in [0.3, 0.4) is 0 Å². The summed E-state index contributed by atoms with van der Waals surface area (Å²) in [7, 11) is 0.